The maximum Gasteiger partial charge on any atom is 0.411 e. The van der Waals surface area contributed by atoms with E-state index < -0.39 is 29.2 Å². The van der Waals surface area contributed by atoms with Crippen molar-refractivity contribution in [1.82, 2.24) is 0 Å². The molecule has 3 rings (SSSR count). The summed E-state index contributed by atoms with van der Waals surface area (Å²) in [6.07, 6.45) is -0.655. The van der Waals surface area contributed by atoms with Crippen LogP contribution in [0.3, 0.4) is 0 Å². The Bertz CT molecular complexity index is 1220. The number of para-hydroxylation sites is 2. The molecule has 1 aromatic heterocycles. The van der Waals surface area contributed by atoms with Gasteiger partial charge in [0.05, 0.1) is 11.5 Å². The first-order chi connectivity index (χ1) is 15.4. The highest BCUT2D eigenvalue weighted by molar-refractivity contribution is 5.90. The van der Waals surface area contributed by atoms with Crippen LogP contribution >= 0.6 is 0 Å². The van der Waals surface area contributed by atoms with Crippen molar-refractivity contribution in [3.63, 3.8) is 0 Å². The van der Waals surface area contributed by atoms with Crippen molar-refractivity contribution in [2.75, 3.05) is 18.5 Å². The van der Waals surface area contributed by atoms with Gasteiger partial charge in [-0.1, -0.05) is 12.1 Å². The summed E-state index contributed by atoms with van der Waals surface area (Å²) in [5.41, 5.74) is -0.0507. The molecule has 0 aliphatic carbocycles. The number of esters is 1. The Morgan fingerprint density at radius 2 is 1.91 bits per heavy atom. The topological polar surface area (TPSA) is 147 Å². The van der Waals surface area contributed by atoms with Gasteiger partial charge < -0.3 is 18.6 Å². The molecular weight excluding hydrogens is 424 g/mol. The molecule has 0 radical (unpaired) electrons. The fourth-order valence-corrected chi connectivity index (χ4v) is 2.78. The van der Waals surface area contributed by atoms with Crippen LogP contribution in [0.5, 0.6) is 5.75 Å². The van der Waals surface area contributed by atoms with Gasteiger partial charge in [-0.3, -0.25) is 15.4 Å². The van der Waals surface area contributed by atoms with Crippen molar-refractivity contribution >= 4 is 34.4 Å². The summed E-state index contributed by atoms with van der Waals surface area (Å²) in [4.78, 5) is 45.9. The molecule has 0 aliphatic heterocycles. The van der Waals surface area contributed by atoms with E-state index in [2.05, 4.69) is 5.32 Å². The molecule has 0 aliphatic rings. The van der Waals surface area contributed by atoms with Gasteiger partial charge in [-0.25, -0.2) is 14.4 Å². The fraction of sp³-hybridized carbons (Fsp3) is 0.190. The largest absolute Gasteiger partial charge is 0.475 e. The van der Waals surface area contributed by atoms with Gasteiger partial charge in [-0.15, -0.1) is 0 Å². The minimum absolute atomic E-state index is 0.0677. The summed E-state index contributed by atoms with van der Waals surface area (Å²) >= 11 is 0. The number of nitro groups is 1. The van der Waals surface area contributed by atoms with E-state index in [9.17, 15) is 24.5 Å². The van der Waals surface area contributed by atoms with Crippen LogP contribution in [0.15, 0.2) is 57.7 Å². The molecule has 0 unspecified atom stereocenters. The second-order valence-electron chi connectivity index (χ2n) is 6.32. The molecular formula is C21H18N2O9. The number of nitrogens with one attached hydrogen (secondary N) is 1. The summed E-state index contributed by atoms with van der Waals surface area (Å²) in [6, 6.07) is 11.4. The van der Waals surface area contributed by atoms with Crippen LogP contribution in [0.1, 0.15) is 12.5 Å². The van der Waals surface area contributed by atoms with Crippen molar-refractivity contribution < 1.29 is 33.1 Å². The zero-order chi connectivity index (χ0) is 23.1. The average Bonchev–Trinajstić information content (AvgIpc) is 2.76. The number of hydrogen-bond acceptors (Lipinski definition) is 9. The van der Waals surface area contributed by atoms with Crippen LogP contribution in [-0.4, -0.2) is 30.2 Å². The zero-order valence-electron chi connectivity index (χ0n) is 16.9. The molecule has 0 atom stereocenters. The molecule has 11 nitrogen and oxygen atoms in total. The fourth-order valence-electron chi connectivity index (χ4n) is 2.78. The molecule has 1 amide bonds. The van der Waals surface area contributed by atoms with Gasteiger partial charge in [-0.2, -0.15) is 0 Å². The van der Waals surface area contributed by atoms with Crippen molar-refractivity contribution in [2.24, 2.45) is 0 Å². The lowest BCUT2D eigenvalue weighted by Gasteiger charge is -2.10. The molecule has 0 saturated heterocycles. The van der Waals surface area contributed by atoms with E-state index in [1.54, 1.807) is 19.1 Å². The molecule has 0 fully saturated rings. The molecule has 0 saturated carbocycles. The lowest BCUT2D eigenvalue weighted by molar-refractivity contribution is -0.385. The molecule has 166 valence electrons. The smallest absolute Gasteiger partial charge is 0.411 e. The summed E-state index contributed by atoms with van der Waals surface area (Å²) in [5.74, 6) is -0.855. The molecule has 1 heterocycles. The highest BCUT2D eigenvalue weighted by Gasteiger charge is 2.16. The number of nitrogens with zero attached hydrogens (tertiary/aromatic N) is 1. The van der Waals surface area contributed by atoms with Crippen LogP contribution in [0, 0.1) is 10.1 Å². The van der Waals surface area contributed by atoms with Gasteiger partial charge in [0.2, 0.25) is 0 Å². The van der Waals surface area contributed by atoms with Crippen LogP contribution in [-0.2, 0) is 20.9 Å². The van der Waals surface area contributed by atoms with E-state index in [1.165, 1.54) is 36.4 Å². The summed E-state index contributed by atoms with van der Waals surface area (Å²) in [5, 5.41) is 14.0. The lowest BCUT2D eigenvalue weighted by Crippen LogP contribution is -2.16. The van der Waals surface area contributed by atoms with Gasteiger partial charge in [0.25, 0.3) is 0 Å². The third-order valence-electron chi connectivity index (χ3n) is 4.15. The van der Waals surface area contributed by atoms with E-state index in [0.29, 0.717) is 16.6 Å². The van der Waals surface area contributed by atoms with Crippen molar-refractivity contribution in [3.8, 4) is 5.75 Å². The maximum absolute atomic E-state index is 12.0. The Morgan fingerprint density at radius 3 is 2.66 bits per heavy atom. The van der Waals surface area contributed by atoms with Gasteiger partial charge in [0, 0.05) is 34.8 Å². The van der Waals surface area contributed by atoms with E-state index >= 15 is 0 Å². The molecule has 3 aromatic rings. The predicted octanol–water partition coefficient (Wildman–Crippen LogP) is 3.39. The van der Waals surface area contributed by atoms with E-state index in [0.717, 1.165) is 0 Å². The number of nitro benzene ring substituents is 1. The van der Waals surface area contributed by atoms with E-state index in [-0.39, 0.29) is 30.2 Å². The first-order valence-corrected chi connectivity index (χ1v) is 9.39. The van der Waals surface area contributed by atoms with Gasteiger partial charge >= 0.3 is 23.4 Å². The van der Waals surface area contributed by atoms with E-state index in [4.69, 9.17) is 18.6 Å². The minimum atomic E-state index is -0.787. The lowest BCUT2D eigenvalue weighted by atomic mass is 10.1. The van der Waals surface area contributed by atoms with Crippen LogP contribution in [0.2, 0.25) is 0 Å². The van der Waals surface area contributed by atoms with Gasteiger partial charge in [0.15, 0.2) is 12.4 Å². The van der Waals surface area contributed by atoms with Crippen molar-refractivity contribution in [1.29, 1.82) is 0 Å². The first-order valence-electron chi connectivity index (χ1n) is 9.39. The third kappa shape index (κ3) is 5.59. The van der Waals surface area contributed by atoms with E-state index in [1.807, 2.05) is 0 Å². The first kappa shape index (κ1) is 22.3. The minimum Gasteiger partial charge on any atom is -0.475 e. The number of hydrogen-bond donors (Lipinski definition) is 1. The summed E-state index contributed by atoms with van der Waals surface area (Å²) < 4.78 is 20.3. The zero-order valence-corrected chi connectivity index (χ0v) is 16.9. The molecule has 1 N–H and O–H groups in total. The van der Waals surface area contributed by atoms with Crippen LogP contribution < -0.4 is 15.7 Å². The van der Waals surface area contributed by atoms with Crippen LogP contribution in [0.4, 0.5) is 16.2 Å². The van der Waals surface area contributed by atoms with Gasteiger partial charge in [-0.05, 0) is 25.1 Å². The monoisotopic (exact) mass is 442 g/mol. The number of carbonyl (C=O) groups is 2. The number of fused-ring (bicyclic) bond motifs is 1. The summed E-state index contributed by atoms with van der Waals surface area (Å²) in [7, 11) is 0. The Labute approximate surface area is 180 Å². The van der Waals surface area contributed by atoms with Crippen molar-refractivity contribution in [2.45, 2.75) is 13.5 Å². The Hall–Kier alpha value is -4.41. The number of benzene rings is 2. The molecule has 0 spiro atoms. The standard InChI is InChI=1S/C21H18N2O9/c1-2-29-21(26)22-14-7-8-15-13(9-19(24)32-18(15)10-14)11-31-20(25)12-30-17-6-4-3-5-16(17)23(27)28/h3-10H,2,11-12H2,1H3,(H,22,26). The average molecular weight is 442 g/mol. The highest BCUT2D eigenvalue weighted by atomic mass is 16.6. The van der Waals surface area contributed by atoms with Crippen LogP contribution in [0.25, 0.3) is 11.0 Å². The number of carbonyl (C=O) groups excluding carboxylic acids is 2. The van der Waals surface area contributed by atoms with Gasteiger partial charge in [0.1, 0.15) is 12.2 Å². The predicted molar refractivity (Wildman–Crippen MR) is 112 cm³/mol. The Kier molecular flexibility index (Phi) is 7.01. The number of amides is 1. The Morgan fingerprint density at radius 1 is 1.12 bits per heavy atom. The summed E-state index contributed by atoms with van der Waals surface area (Å²) in [6.45, 7) is 1.05. The molecule has 32 heavy (non-hydrogen) atoms. The highest BCUT2D eigenvalue weighted by Crippen LogP contribution is 2.26. The normalized spacial score (nSPS) is 10.4. The molecule has 2 aromatic carbocycles. The maximum atomic E-state index is 12.0. The second kappa shape index (κ2) is 10.1. The number of anilines is 1. The molecule has 11 heteroatoms. The quantitative estimate of drug-likeness (QED) is 0.240. The number of rotatable bonds is 8. The third-order valence-corrected chi connectivity index (χ3v) is 4.15. The molecule has 0 bridgehead atoms. The SMILES string of the molecule is CCOC(=O)Nc1ccc2c(COC(=O)COc3ccccc3[N+](=O)[O-])cc(=O)oc2c1. The van der Waals surface area contributed by atoms with Crippen molar-refractivity contribution in [3.05, 3.63) is 74.6 Å². The number of ether oxygens (including phenoxy) is 3. The Balaban J connectivity index is 1.68. The second-order valence-corrected chi connectivity index (χ2v) is 6.32.